The number of benzene rings is 1. The summed E-state index contributed by atoms with van der Waals surface area (Å²) in [6, 6.07) is 6.28. The van der Waals surface area contributed by atoms with Crippen LogP contribution in [0.5, 0.6) is 5.75 Å². The van der Waals surface area contributed by atoms with Crippen LogP contribution in [0.15, 0.2) is 24.3 Å². The average molecular weight is 303 g/mol. The Bertz CT molecular complexity index is 407. The summed E-state index contributed by atoms with van der Waals surface area (Å²) in [5.74, 6) is -0.105. The van der Waals surface area contributed by atoms with Crippen LogP contribution in [-0.4, -0.2) is 12.9 Å². The largest absolute Gasteiger partial charge is 0.573 e. The molecule has 0 heterocycles. The number of unbranched alkanes of at least 4 members (excludes halogenated alkanes) is 3. The first-order chi connectivity index (χ1) is 9.98. The third kappa shape index (κ3) is 6.85. The van der Waals surface area contributed by atoms with E-state index in [2.05, 4.69) is 17.0 Å². The van der Waals surface area contributed by atoms with Crippen molar-refractivity contribution in [1.82, 2.24) is 5.32 Å². The Hall–Kier alpha value is -1.23. The lowest BCUT2D eigenvalue weighted by Gasteiger charge is -2.22. The second kappa shape index (κ2) is 8.93. The van der Waals surface area contributed by atoms with Crippen LogP contribution in [0.1, 0.15) is 57.6 Å². The number of halogens is 3. The Morgan fingerprint density at radius 1 is 1.10 bits per heavy atom. The molecule has 0 saturated carbocycles. The Morgan fingerprint density at radius 3 is 2.43 bits per heavy atom. The van der Waals surface area contributed by atoms with E-state index in [1.54, 1.807) is 18.2 Å². The van der Waals surface area contributed by atoms with Gasteiger partial charge in [-0.2, -0.15) is 0 Å². The van der Waals surface area contributed by atoms with E-state index in [9.17, 15) is 13.2 Å². The van der Waals surface area contributed by atoms with E-state index in [4.69, 9.17) is 0 Å². The Kier molecular flexibility index (Phi) is 7.57. The number of alkyl halides is 3. The fourth-order valence-electron chi connectivity index (χ4n) is 2.38. The van der Waals surface area contributed by atoms with Gasteiger partial charge in [0, 0.05) is 11.6 Å². The molecule has 0 aliphatic rings. The molecule has 0 saturated heterocycles. The third-order valence-electron chi connectivity index (χ3n) is 3.32. The molecule has 0 amide bonds. The molecular weight excluding hydrogens is 279 g/mol. The van der Waals surface area contributed by atoms with Crippen LogP contribution in [-0.2, 0) is 0 Å². The summed E-state index contributed by atoms with van der Waals surface area (Å²) in [5.41, 5.74) is 0.577. The summed E-state index contributed by atoms with van der Waals surface area (Å²) >= 11 is 0. The molecule has 1 atom stereocenters. The van der Waals surface area contributed by atoms with Crippen LogP contribution >= 0.6 is 0 Å². The van der Waals surface area contributed by atoms with Gasteiger partial charge in [-0.3, -0.25) is 0 Å². The van der Waals surface area contributed by atoms with Crippen molar-refractivity contribution in [2.75, 3.05) is 6.54 Å². The fraction of sp³-hybridized carbons (Fsp3) is 0.625. The fourth-order valence-corrected chi connectivity index (χ4v) is 2.38. The van der Waals surface area contributed by atoms with Crippen LogP contribution in [0.2, 0.25) is 0 Å². The maximum atomic E-state index is 12.5. The summed E-state index contributed by atoms with van der Waals surface area (Å²) < 4.78 is 41.6. The van der Waals surface area contributed by atoms with Crippen LogP contribution in [0, 0.1) is 0 Å². The molecule has 21 heavy (non-hydrogen) atoms. The second-order valence-electron chi connectivity index (χ2n) is 5.05. The van der Waals surface area contributed by atoms with Gasteiger partial charge in [0.05, 0.1) is 0 Å². The molecule has 5 heteroatoms. The predicted molar refractivity (Wildman–Crippen MR) is 78.3 cm³/mol. The molecule has 1 unspecified atom stereocenters. The zero-order valence-corrected chi connectivity index (χ0v) is 12.7. The van der Waals surface area contributed by atoms with E-state index in [0.717, 1.165) is 32.1 Å². The maximum Gasteiger partial charge on any atom is 0.573 e. The molecule has 1 aromatic rings. The summed E-state index contributed by atoms with van der Waals surface area (Å²) in [7, 11) is 0. The highest BCUT2D eigenvalue weighted by molar-refractivity contribution is 5.36. The zero-order chi connectivity index (χ0) is 15.7. The molecule has 1 rings (SSSR count). The molecule has 0 aromatic heterocycles. The quantitative estimate of drug-likeness (QED) is 0.633. The lowest BCUT2D eigenvalue weighted by atomic mass is 9.99. The molecule has 0 spiro atoms. The molecule has 0 fully saturated rings. The van der Waals surface area contributed by atoms with Crippen LogP contribution in [0.3, 0.4) is 0 Å². The van der Waals surface area contributed by atoms with Crippen molar-refractivity contribution in [3.05, 3.63) is 29.8 Å². The Balaban J connectivity index is 2.81. The standard InChI is InChI=1S/C16H24F3NO/c1-3-5-6-7-11-14(20-4-2)13-10-8-9-12-15(13)21-16(17,18)19/h8-10,12,14,20H,3-7,11H2,1-2H3. The van der Waals surface area contributed by atoms with Crippen LogP contribution in [0.4, 0.5) is 13.2 Å². The van der Waals surface area contributed by atoms with Gasteiger partial charge in [-0.05, 0) is 19.0 Å². The minimum absolute atomic E-state index is 0.105. The monoisotopic (exact) mass is 303 g/mol. The second-order valence-corrected chi connectivity index (χ2v) is 5.05. The molecule has 0 radical (unpaired) electrons. The van der Waals surface area contributed by atoms with E-state index in [1.165, 1.54) is 6.07 Å². The third-order valence-corrected chi connectivity index (χ3v) is 3.32. The lowest BCUT2D eigenvalue weighted by Crippen LogP contribution is -2.24. The van der Waals surface area contributed by atoms with E-state index in [1.807, 2.05) is 6.92 Å². The van der Waals surface area contributed by atoms with E-state index in [-0.39, 0.29) is 11.8 Å². The Morgan fingerprint density at radius 2 is 1.81 bits per heavy atom. The highest BCUT2D eigenvalue weighted by atomic mass is 19.4. The molecule has 0 aliphatic carbocycles. The number of hydrogen-bond acceptors (Lipinski definition) is 2. The molecular formula is C16H24F3NO. The van der Waals surface area contributed by atoms with Crippen molar-refractivity contribution >= 4 is 0 Å². The van der Waals surface area contributed by atoms with Crippen molar-refractivity contribution < 1.29 is 17.9 Å². The van der Waals surface area contributed by atoms with Gasteiger partial charge < -0.3 is 10.1 Å². The first kappa shape index (κ1) is 17.8. The number of para-hydroxylation sites is 1. The SMILES string of the molecule is CCCCCCC(NCC)c1ccccc1OC(F)(F)F. The van der Waals surface area contributed by atoms with Crippen LogP contribution < -0.4 is 10.1 Å². The number of rotatable bonds is 9. The summed E-state index contributed by atoms with van der Waals surface area (Å²) in [6.07, 6.45) is 0.535. The van der Waals surface area contributed by atoms with Crippen LogP contribution in [0.25, 0.3) is 0 Å². The van der Waals surface area contributed by atoms with Gasteiger partial charge in [-0.15, -0.1) is 13.2 Å². The minimum Gasteiger partial charge on any atom is -0.405 e. The van der Waals surface area contributed by atoms with E-state index >= 15 is 0 Å². The van der Waals surface area contributed by atoms with Gasteiger partial charge in [0.25, 0.3) is 0 Å². The van der Waals surface area contributed by atoms with Crippen molar-refractivity contribution in [3.63, 3.8) is 0 Å². The Labute approximate surface area is 124 Å². The van der Waals surface area contributed by atoms with Gasteiger partial charge in [-0.25, -0.2) is 0 Å². The van der Waals surface area contributed by atoms with Gasteiger partial charge in [0.15, 0.2) is 0 Å². The number of hydrogen-bond donors (Lipinski definition) is 1. The molecule has 0 bridgehead atoms. The van der Waals surface area contributed by atoms with E-state index < -0.39 is 6.36 Å². The smallest absolute Gasteiger partial charge is 0.405 e. The first-order valence-electron chi connectivity index (χ1n) is 7.56. The van der Waals surface area contributed by atoms with Gasteiger partial charge in [0.1, 0.15) is 5.75 Å². The topological polar surface area (TPSA) is 21.3 Å². The van der Waals surface area contributed by atoms with Gasteiger partial charge >= 0.3 is 6.36 Å². The maximum absolute atomic E-state index is 12.5. The van der Waals surface area contributed by atoms with Gasteiger partial charge in [0.2, 0.25) is 0 Å². The molecule has 2 nitrogen and oxygen atoms in total. The average Bonchev–Trinajstić information content (AvgIpc) is 2.41. The summed E-state index contributed by atoms with van der Waals surface area (Å²) in [4.78, 5) is 0. The summed E-state index contributed by atoms with van der Waals surface area (Å²) in [5, 5.41) is 3.25. The highest BCUT2D eigenvalue weighted by Gasteiger charge is 2.32. The van der Waals surface area contributed by atoms with Crippen molar-refractivity contribution in [3.8, 4) is 5.75 Å². The van der Waals surface area contributed by atoms with Gasteiger partial charge in [-0.1, -0.05) is 57.7 Å². The minimum atomic E-state index is -4.66. The van der Waals surface area contributed by atoms with Crippen molar-refractivity contribution in [2.24, 2.45) is 0 Å². The molecule has 1 aromatic carbocycles. The van der Waals surface area contributed by atoms with E-state index in [0.29, 0.717) is 12.1 Å². The summed E-state index contributed by atoms with van der Waals surface area (Å²) in [6.45, 7) is 4.79. The highest BCUT2D eigenvalue weighted by Crippen LogP contribution is 2.32. The molecule has 1 N–H and O–H groups in total. The number of nitrogens with one attached hydrogen (secondary N) is 1. The lowest BCUT2D eigenvalue weighted by molar-refractivity contribution is -0.275. The molecule has 0 aliphatic heterocycles. The normalized spacial score (nSPS) is 13.2. The number of ether oxygens (including phenoxy) is 1. The zero-order valence-electron chi connectivity index (χ0n) is 12.7. The molecule has 120 valence electrons. The van der Waals surface area contributed by atoms with Crippen molar-refractivity contribution in [2.45, 2.75) is 58.4 Å². The van der Waals surface area contributed by atoms with Crippen molar-refractivity contribution in [1.29, 1.82) is 0 Å². The first-order valence-corrected chi connectivity index (χ1v) is 7.56. The predicted octanol–water partition coefficient (Wildman–Crippen LogP) is 5.21.